The minimum Gasteiger partial charge on any atom is -0.360 e. The van der Waals surface area contributed by atoms with Gasteiger partial charge in [-0.15, -0.1) is 0 Å². The summed E-state index contributed by atoms with van der Waals surface area (Å²) in [6.07, 6.45) is 4.97. The summed E-state index contributed by atoms with van der Waals surface area (Å²) in [5.74, 6) is -2.39. The fourth-order valence-corrected chi connectivity index (χ4v) is 4.48. The normalized spacial score (nSPS) is 28.2. The van der Waals surface area contributed by atoms with Gasteiger partial charge in [-0.25, -0.2) is 8.78 Å². The fourth-order valence-electron chi connectivity index (χ4n) is 4.48. The molecule has 2 aromatic rings. The first-order chi connectivity index (χ1) is 12.5. The Kier molecular flexibility index (Phi) is 3.34. The van der Waals surface area contributed by atoms with Crippen LogP contribution in [0.5, 0.6) is 0 Å². The molecule has 4 heterocycles. The summed E-state index contributed by atoms with van der Waals surface area (Å²) in [4.78, 5) is 25.5. The van der Waals surface area contributed by atoms with Gasteiger partial charge < -0.3 is 14.8 Å². The summed E-state index contributed by atoms with van der Waals surface area (Å²) in [5.41, 5.74) is 0.286. The second kappa shape index (κ2) is 5.51. The number of hydrogen-bond donors (Lipinski definition) is 2. The highest BCUT2D eigenvalue weighted by molar-refractivity contribution is 6.00. The van der Waals surface area contributed by atoms with Crippen LogP contribution in [0.4, 0.5) is 14.5 Å². The number of imide groups is 1. The molecule has 136 valence electrons. The first-order valence-electron chi connectivity index (χ1n) is 8.85. The number of aromatic nitrogens is 1. The van der Waals surface area contributed by atoms with E-state index in [1.807, 2.05) is 4.90 Å². The maximum Gasteiger partial charge on any atom is 0.249 e. The Morgan fingerprint density at radius 2 is 1.88 bits per heavy atom. The second-order valence-corrected chi connectivity index (χ2v) is 7.31. The molecule has 0 spiro atoms. The highest BCUT2D eigenvalue weighted by Gasteiger charge is 2.43. The zero-order valence-electron chi connectivity index (χ0n) is 14.0. The molecule has 5 rings (SSSR count). The van der Waals surface area contributed by atoms with Crippen LogP contribution < -0.4 is 15.5 Å². The molecule has 2 bridgehead atoms. The van der Waals surface area contributed by atoms with Gasteiger partial charge in [0.1, 0.15) is 6.04 Å². The molecule has 26 heavy (non-hydrogen) atoms. The van der Waals surface area contributed by atoms with Gasteiger partial charge in [0.2, 0.25) is 11.8 Å². The largest absolute Gasteiger partial charge is 0.360 e. The van der Waals surface area contributed by atoms with E-state index in [1.165, 1.54) is 6.07 Å². The molecule has 1 aromatic heterocycles. The van der Waals surface area contributed by atoms with Crippen molar-refractivity contribution < 1.29 is 18.4 Å². The van der Waals surface area contributed by atoms with Gasteiger partial charge in [0.05, 0.1) is 5.69 Å². The van der Waals surface area contributed by atoms with Crippen LogP contribution in [0.15, 0.2) is 18.5 Å². The molecule has 2 N–H and O–H groups in total. The number of carbonyl (C=O) groups excluding carboxylic acids is 2. The first kappa shape index (κ1) is 15.7. The lowest BCUT2D eigenvalue weighted by atomic mass is 9.87. The van der Waals surface area contributed by atoms with E-state index in [1.54, 1.807) is 17.0 Å². The SMILES string of the molecule is O=C1CCC(n2cc3cc(F)c(F)c(N4C5CNCC4C5)c3c2)C(=O)N1. The van der Waals surface area contributed by atoms with E-state index in [0.29, 0.717) is 17.2 Å². The maximum atomic E-state index is 14.7. The molecular weight excluding hydrogens is 342 g/mol. The van der Waals surface area contributed by atoms with E-state index in [2.05, 4.69) is 10.6 Å². The van der Waals surface area contributed by atoms with Crippen LogP contribution in [0, 0.1) is 11.6 Å². The van der Waals surface area contributed by atoms with Gasteiger partial charge in [0.25, 0.3) is 0 Å². The monoisotopic (exact) mass is 360 g/mol. The van der Waals surface area contributed by atoms with Crippen molar-refractivity contribution in [2.45, 2.75) is 37.4 Å². The quantitative estimate of drug-likeness (QED) is 0.796. The highest BCUT2D eigenvalue weighted by atomic mass is 19.2. The van der Waals surface area contributed by atoms with Gasteiger partial charge in [-0.2, -0.15) is 0 Å². The molecule has 3 saturated heterocycles. The summed E-state index contributed by atoms with van der Waals surface area (Å²) in [6.45, 7) is 1.50. The molecule has 0 radical (unpaired) electrons. The number of amides is 2. The lowest BCUT2D eigenvalue weighted by Crippen LogP contribution is -2.68. The van der Waals surface area contributed by atoms with Crippen molar-refractivity contribution in [2.24, 2.45) is 0 Å². The van der Waals surface area contributed by atoms with E-state index < -0.39 is 17.7 Å². The molecule has 3 aliphatic heterocycles. The Balaban J connectivity index is 1.61. The van der Waals surface area contributed by atoms with E-state index in [0.717, 1.165) is 19.5 Å². The first-order valence-corrected chi connectivity index (χ1v) is 8.85. The smallest absolute Gasteiger partial charge is 0.249 e. The minimum atomic E-state index is -0.883. The molecule has 6 nitrogen and oxygen atoms in total. The Morgan fingerprint density at radius 3 is 2.58 bits per heavy atom. The summed E-state index contributed by atoms with van der Waals surface area (Å²) in [6, 6.07) is 0.945. The second-order valence-electron chi connectivity index (χ2n) is 7.31. The lowest BCUT2D eigenvalue weighted by molar-refractivity contribution is -0.135. The van der Waals surface area contributed by atoms with Crippen LogP contribution in [0.1, 0.15) is 25.3 Å². The molecule has 3 unspecified atom stereocenters. The van der Waals surface area contributed by atoms with Gasteiger partial charge >= 0.3 is 0 Å². The van der Waals surface area contributed by atoms with E-state index in [4.69, 9.17) is 0 Å². The molecular formula is C18H18F2N4O2. The summed E-state index contributed by atoms with van der Waals surface area (Å²) < 4.78 is 30.6. The van der Waals surface area contributed by atoms with Crippen LogP contribution >= 0.6 is 0 Å². The predicted octanol–water partition coefficient (Wildman–Crippen LogP) is 1.45. The molecule has 3 aliphatic rings. The number of piperidine rings is 2. The van der Waals surface area contributed by atoms with Crippen molar-refractivity contribution in [3.05, 3.63) is 30.1 Å². The minimum absolute atomic E-state index is 0.159. The van der Waals surface area contributed by atoms with Crippen molar-refractivity contribution >= 4 is 28.3 Å². The number of hydrogen-bond acceptors (Lipinski definition) is 4. The van der Waals surface area contributed by atoms with Crippen molar-refractivity contribution in [3.63, 3.8) is 0 Å². The van der Waals surface area contributed by atoms with Crippen LogP contribution in [0.2, 0.25) is 0 Å². The number of anilines is 1. The number of nitrogens with zero attached hydrogens (tertiary/aromatic N) is 2. The van der Waals surface area contributed by atoms with Gasteiger partial charge in [-0.1, -0.05) is 0 Å². The Morgan fingerprint density at radius 1 is 1.12 bits per heavy atom. The van der Waals surface area contributed by atoms with E-state index in [9.17, 15) is 18.4 Å². The molecule has 0 aliphatic carbocycles. The van der Waals surface area contributed by atoms with Crippen LogP contribution in [-0.2, 0) is 9.59 Å². The van der Waals surface area contributed by atoms with Gasteiger partial charge in [-0.3, -0.25) is 14.9 Å². The number of piperazine rings is 1. The predicted molar refractivity (Wildman–Crippen MR) is 90.8 cm³/mol. The zero-order valence-corrected chi connectivity index (χ0v) is 14.0. The van der Waals surface area contributed by atoms with Crippen molar-refractivity contribution in [2.75, 3.05) is 18.0 Å². The number of rotatable bonds is 2. The highest BCUT2D eigenvalue weighted by Crippen LogP contribution is 2.42. The number of fused-ring (bicyclic) bond motifs is 3. The van der Waals surface area contributed by atoms with Crippen molar-refractivity contribution in [1.29, 1.82) is 0 Å². The summed E-state index contributed by atoms with van der Waals surface area (Å²) in [7, 11) is 0. The van der Waals surface area contributed by atoms with Crippen molar-refractivity contribution in [1.82, 2.24) is 15.2 Å². The van der Waals surface area contributed by atoms with E-state index >= 15 is 0 Å². The van der Waals surface area contributed by atoms with E-state index in [-0.39, 0.29) is 36.0 Å². The third-order valence-electron chi connectivity index (χ3n) is 5.75. The molecule has 2 amide bonds. The summed E-state index contributed by atoms with van der Waals surface area (Å²) in [5, 5.41) is 6.77. The Labute approximate surface area is 148 Å². The third-order valence-corrected chi connectivity index (χ3v) is 5.75. The molecule has 8 heteroatoms. The molecule has 3 fully saturated rings. The topological polar surface area (TPSA) is 66.4 Å². The number of halogens is 2. The lowest BCUT2D eigenvalue weighted by Gasteiger charge is -2.54. The zero-order chi connectivity index (χ0) is 18.0. The van der Waals surface area contributed by atoms with Crippen LogP contribution in [0.25, 0.3) is 10.8 Å². The van der Waals surface area contributed by atoms with Gasteiger partial charge in [-0.05, 0) is 18.9 Å². The summed E-state index contributed by atoms with van der Waals surface area (Å²) >= 11 is 0. The van der Waals surface area contributed by atoms with Gasteiger partial charge in [0, 0.05) is 54.8 Å². The Hall–Kier alpha value is -2.48. The number of nitrogens with one attached hydrogen (secondary N) is 2. The standard InChI is InChI=1S/C18H18F2N4O2/c19-13-3-9-7-23(14-1-2-15(25)22-18(14)26)8-12(9)17(16(13)20)24-10-4-11(24)6-21-5-10/h3,7-8,10-11,14,21H,1-2,4-6H2,(H,22,25,26). The molecule has 3 atom stereocenters. The third kappa shape index (κ3) is 2.18. The fraction of sp³-hybridized carbons (Fsp3) is 0.444. The number of carbonyl (C=O) groups is 2. The molecule has 1 aromatic carbocycles. The van der Waals surface area contributed by atoms with Gasteiger partial charge in [0.15, 0.2) is 11.6 Å². The average Bonchev–Trinajstić information content (AvgIpc) is 3.02. The van der Waals surface area contributed by atoms with Crippen LogP contribution in [-0.4, -0.2) is 41.6 Å². The molecule has 0 saturated carbocycles. The van der Waals surface area contributed by atoms with Crippen LogP contribution in [0.3, 0.4) is 0 Å². The average molecular weight is 360 g/mol. The number of benzene rings is 1. The maximum absolute atomic E-state index is 14.7. The Bertz CT molecular complexity index is 927. The van der Waals surface area contributed by atoms with Crippen molar-refractivity contribution in [3.8, 4) is 0 Å².